The molecule has 122 valence electrons. The summed E-state index contributed by atoms with van der Waals surface area (Å²) in [6.07, 6.45) is 1.81. The average molecular weight is 325 g/mol. The van der Waals surface area contributed by atoms with Gasteiger partial charge in [-0.1, -0.05) is 18.2 Å². The zero-order valence-electron chi connectivity index (χ0n) is 12.9. The first kappa shape index (κ1) is 15.5. The van der Waals surface area contributed by atoms with E-state index in [2.05, 4.69) is 5.32 Å². The summed E-state index contributed by atoms with van der Waals surface area (Å²) >= 11 is 0. The van der Waals surface area contributed by atoms with Crippen LogP contribution in [0.25, 0.3) is 10.9 Å². The molecule has 3 rings (SSSR count). The Hall–Kier alpha value is -3.35. The van der Waals surface area contributed by atoms with E-state index in [-0.39, 0.29) is 23.8 Å². The molecule has 0 aliphatic rings. The van der Waals surface area contributed by atoms with Gasteiger partial charge in [0.15, 0.2) is 0 Å². The number of carbonyl (C=O) groups excluding carboxylic acids is 1. The van der Waals surface area contributed by atoms with Gasteiger partial charge in [-0.05, 0) is 29.7 Å². The number of anilines is 1. The Morgan fingerprint density at radius 1 is 1.25 bits per heavy atom. The van der Waals surface area contributed by atoms with Crippen LogP contribution >= 0.6 is 0 Å². The van der Waals surface area contributed by atoms with E-state index < -0.39 is 4.92 Å². The van der Waals surface area contributed by atoms with E-state index in [1.165, 1.54) is 19.2 Å². The molecule has 7 heteroatoms. The number of fused-ring (bicyclic) bond motifs is 1. The van der Waals surface area contributed by atoms with E-state index in [0.717, 1.165) is 10.9 Å². The molecule has 0 atom stereocenters. The molecular weight excluding hydrogens is 310 g/mol. The number of nitro benzene ring substituents is 1. The lowest BCUT2D eigenvalue weighted by molar-refractivity contribution is -0.384. The third-order valence-electron chi connectivity index (χ3n) is 3.67. The quantitative estimate of drug-likeness (QED) is 0.576. The van der Waals surface area contributed by atoms with Crippen LogP contribution in [0.5, 0.6) is 5.75 Å². The van der Waals surface area contributed by atoms with Crippen molar-refractivity contribution in [2.75, 3.05) is 12.4 Å². The van der Waals surface area contributed by atoms with Gasteiger partial charge in [0, 0.05) is 11.7 Å². The van der Waals surface area contributed by atoms with Crippen LogP contribution in [0.2, 0.25) is 0 Å². The van der Waals surface area contributed by atoms with Crippen LogP contribution in [0.15, 0.2) is 54.7 Å². The SMILES string of the molecule is COc1ccc(NC(=O)Cn2ccc3ccccc32)c([N+](=O)[O-])c1. The normalized spacial score (nSPS) is 10.5. The Kier molecular flexibility index (Phi) is 4.15. The molecule has 1 heterocycles. The number of nitro groups is 1. The number of para-hydroxylation sites is 1. The van der Waals surface area contributed by atoms with Gasteiger partial charge in [-0.25, -0.2) is 0 Å². The van der Waals surface area contributed by atoms with Crippen LogP contribution in [0.3, 0.4) is 0 Å². The Labute approximate surface area is 137 Å². The number of amides is 1. The molecule has 24 heavy (non-hydrogen) atoms. The van der Waals surface area contributed by atoms with Gasteiger partial charge in [0.2, 0.25) is 5.91 Å². The number of hydrogen-bond donors (Lipinski definition) is 1. The zero-order valence-corrected chi connectivity index (χ0v) is 12.9. The molecule has 0 aliphatic carbocycles. The summed E-state index contributed by atoms with van der Waals surface area (Å²) in [4.78, 5) is 22.9. The number of ether oxygens (including phenoxy) is 1. The number of rotatable bonds is 5. The molecule has 0 saturated heterocycles. The van der Waals surface area contributed by atoms with Crippen molar-refractivity contribution in [1.29, 1.82) is 0 Å². The van der Waals surface area contributed by atoms with Crippen molar-refractivity contribution in [3.63, 3.8) is 0 Å². The second-order valence-corrected chi connectivity index (χ2v) is 5.19. The largest absolute Gasteiger partial charge is 0.496 e. The van der Waals surface area contributed by atoms with Crippen LogP contribution in [-0.2, 0) is 11.3 Å². The minimum Gasteiger partial charge on any atom is -0.496 e. The van der Waals surface area contributed by atoms with Gasteiger partial charge in [-0.2, -0.15) is 0 Å². The number of methoxy groups -OCH3 is 1. The van der Waals surface area contributed by atoms with E-state index in [9.17, 15) is 14.9 Å². The molecule has 1 N–H and O–H groups in total. The Morgan fingerprint density at radius 3 is 2.79 bits per heavy atom. The third-order valence-corrected chi connectivity index (χ3v) is 3.67. The van der Waals surface area contributed by atoms with E-state index in [1.807, 2.05) is 36.5 Å². The van der Waals surface area contributed by atoms with Crippen molar-refractivity contribution in [2.24, 2.45) is 0 Å². The van der Waals surface area contributed by atoms with E-state index >= 15 is 0 Å². The van der Waals surface area contributed by atoms with Gasteiger partial charge < -0.3 is 14.6 Å². The van der Waals surface area contributed by atoms with Gasteiger partial charge >= 0.3 is 0 Å². The van der Waals surface area contributed by atoms with Crippen molar-refractivity contribution in [3.8, 4) is 5.75 Å². The monoisotopic (exact) mass is 325 g/mol. The first-order chi connectivity index (χ1) is 11.6. The minimum absolute atomic E-state index is 0.0662. The van der Waals surface area contributed by atoms with Crippen molar-refractivity contribution < 1.29 is 14.5 Å². The molecule has 0 spiro atoms. The molecule has 0 aliphatic heterocycles. The maximum Gasteiger partial charge on any atom is 0.296 e. The summed E-state index contributed by atoms with van der Waals surface area (Å²) in [6, 6.07) is 13.9. The summed E-state index contributed by atoms with van der Waals surface area (Å²) in [5.74, 6) is 0.0146. The van der Waals surface area contributed by atoms with Gasteiger partial charge in [-0.3, -0.25) is 14.9 Å². The van der Waals surface area contributed by atoms with Crippen LogP contribution in [-0.4, -0.2) is 22.5 Å². The topological polar surface area (TPSA) is 86.4 Å². The van der Waals surface area contributed by atoms with Crippen LogP contribution in [0, 0.1) is 10.1 Å². The smallest absolute Gasteiger partial charge is 0.296 e. The molecule has 0 fully saturated rings. The maximum atomic E-state index is 12.3. The molecular formula is C17H15N3O4. The molecule has 2 aromatic carbocycles. The number of aromatic nitrogens is 1. The number of carbonyl (C=O) groups is 1. The molecule has 3 aromatic rings. The molecule has 0 saturated carbocycles. The van der Waals surface area contributed by atoms with E-state index in [0.29, 0.717) is 5.75 Å². The summed E-state index contributed by atoms with van der Waals surface area (Å²) in [5, 5.41) is 14.8. The standard InChI is InChI=1S/C17H15N3O4/c1-24-13-6-7-14(16(10-13)20(22)23)18-17(21)11-19-9-8-12-4-2-3-5-15(12)19/h2-10H,11H2,1H3,(H,18,21). The Bertz CT molecular complexity index is 917. The fraction of sp³-hybridized carbons (Fsp3) is 0.118. The number of nitrogens with one attached hydrogen (secondary N) is 1. The Morgan fingerprint density at radius 2 is 2.04 bits per heavy atom. The lowest BCUT2D eigenvalue weighted by atomic mass is 10.2. The molecule has 7 nitrogen and oxygen atoms in total. The third kappa shape index (κ3) is 3.05. The lowest BCUT2D eigenvalue weighted by Gasteiger charge is -2.09. The highest BCUT2D eigenvalue weighted by molar-refractivity contribution is 5.94. The fourth-order valence-electron chi connectivity index (χ4n) is 2.52. The highest BCUT2D eigenvalue weighted by Crippen LogP contribution is 2.29. The van der Waals surface area contributed by atoms with Gasteiger partial charge in [0.1, 0.15) is 18.0 Å². The molecule has 0 bridgehead atoms. The zero-order chi connectivity index (χ0) is 17.1. The van der Waals surface area contributed by atoms with Crippen molar-refractivity contribution >= 4 is 28.2 Å². The second-order valence-electron chi connectivity index (χ2n) is 5.19. The average Bonchev–Trinajstić information content (AvgIpc) is 2.98. The van der Waals surface area contributed by atoms with Gasteiger partial charge in [-0.15, -0.1) is 0 Å². The second kappa shape index (κ2) is 6.41. The fourth-order valence-corrected chi connectivity index (χ4v) is 2.52. The van der Waals surface area contributed by atoms with Gasteiger partial charge in [0.25, 0.3) is 5.69 Å². The van der Waals surface area contributed by atoms with Gasteiger partial charge in [0.05, 0.1) is 18.1 Å². The number of benzene rings is 2. The van der Waals surface area contributed by atoms with Crippen molar-refractivity contribution in [3.05, 3.63) is 64.8 Å². The van der Waals surface area contributed by atoms with Crippen molar-refractivity contribution in [2.45, 2.75) is 6.54 Å². The van der Waals surface area contributed by atoms with Crippen LogP contribution < -0.4 is 10.1 Å². The molecule has 0 radical (unpaired) electrons. The summed E-state index contributed by atoms with van der Waals surface area (Å²) in [5.41, 5.74) is 0.860. The predicted molar refractivity (Wildman–Crippen MR) is 90.2 cm³/mol. The molecule has 1 amide bonds. The Balaban J connectivity index is 1.81. The highest BCUT2D eigenvalue weighted by atomic mass is 16.6. The highest BCUT2D eigenvalue weighted by Gasteiger charge is 2.17. The first-order valence-corrected chi connectivity index (χ1v) is 7.24. The summed E-state index contributed by atoms with van der Waals surface area (Å²) < 4.78 is 6.77. The predicted octanol–water partition coefficient (Wildman–Crippen LogP) is 3.20. The summed E-state index contributed by atoms with van der Waals surface area (Å²) in [6.45, 7) is 0.0662. The van der Waals surface area contributed by atoms with E-state index in [4.69, 9.17) is 4.74 Å². The first-order valence-electron chi connectivity index (χ1n) is 7.24. The van der Waals surface area contributed by atoms with E-state index in [1.54, 1.807) is 10.6 Å². The molecule has 1 aromatic heterocycles. The lowest BCUT2D eigenvalue weighted by Crippen LogP contribution is -2.18. The van der Waals surface area contributed by atoms with Crippen LogP contribution in [0.1, 0.15) is 0 Å². The molecule has 0 unspecified atom stereocenters. The van der Waals surface area contributed by atoms with Crippen molar-refractivity contribution in [1.82, 2.24) is 4.57 Å². The number of hydrogen-bond acceptors (Lipinski definition) is 4. The minimum atomic E-state index is -0.552. The van der Waals surface area contributed by atoms with Crippen LogP contribution in [0.4, 0.5) is 11.4 Å². The maximum absolute atomic E-state index is 12.3. The summed E-state index contributed by atoms with van der Waals surface area (Å²) in [7, 11) is 1.43. The number of nitrogens with zero attached hydrogens (tertiary/aromatic N) is 2.